The molecule has 0 aliphatic carbocycles. The van der Waals surface area contributed by atoms with Gasteiger partial charge in [0.05, 0.1) is 18.0 Å². The summed E-state index contributed by atoms with van der Waals surface area (Å²) < 4.78 is 7.09. The number of carbonyl (C=O) groups is 3. The second kappa shape index (κ2) is 7.65. The predicted molar refractivity (Wildman–Crippen MR) is 113 cm³/mol. The third kappa shape index (κ3) is 3.25. The van der Waals surface area contributed by atoms with Crippen molar-refractivity contribution in [3.05, 3.63) is 65.7 Å². The highest BCUT2D eigenvalue weighted by molar-refractivity contribution is 6.31. The Labute approximate surface area is 187 Å². The minimum absolute atomic E-state index is 0.271. The first kappa shape index (κ1) is 20.0. The molecular weight excluding hydrogens is 436 g/mol. The third-order valence-corrected chi connectivity index (χ3v) is 5.69. The van der Waals surface area contributed by atoms with Gasteiger partial charge in [-0.05, 0) is 24.3 Å². The number of aromatic nitrogens is 3. The van der Waals surface area contributed by atoms with Gasteiger partial charge < -0.3 is 15.4 Å². The fraction of sp³-hybridized carbons (Fsp3) is 0.190. The first-order valence-corrected chi connectivity index (χ1v) is 10.2. The Morgan fingerprint density at radius 2 is 2.09 bits per heavy atom. The second-order valence-corrected chi connectivity index (χ2v) is 7.81. The van der Waals surface area contributed by atoms with Crippen LogP contribution in [-0.2, 0) is 15.1 Å². The van der Waals surface area contributed by atoms with Crippen LogP contribution in [0.2, 0.25) is 5.02 Å². The summed E-state index contributed by atoms with van der Waals surface area (Å²) in [5, 5.41) is 9.94. The van der Waals surface area contributed by atoms with Crippen molar-refractivity contribution in [2.75, 3.05) is 18.5 Å². The zero-order valence-electron chi connectivity index (χ0n) is 16.6. The van der Waals surface area contributed by atoms with E-state index in [1.807, 2.05) is 0 Å². The van der Waals surface area contributed by atoms with Crippen LogP contribution < -0.4 is 15.4 Å². The van der Waals surface area contributed by atoms with Gasteiger partial charge in [0.25, 0.3) is 5.91 Å². The van der Waals surface area contributed by atoms with Crippen molar-refractivity contribution < 1.29 is 19.1 Å². The Morgan fingerprint density at radius 3 is 2.91 bits per heavy atom. The molecule has 2 aliphatic rings. The third-order valence-electron chi connectivity index (χ3n) is 5.46. The Balaban J connectivity index is 1.38. The highest BCUT2D eigenvalue weighted by Crippen LogP contribution is 2.40. The minimum Gasteiger partial charge on any atom is -0.493 e. The molecule has 5 rings (SSSR count). The number of nitrogens with zero attached hydrogens (tertiary/aromatic N) is 4. The van der Waals surface area contributed by atoms with E-state index in [4.69, 9.17) is 16.3 Å². The lowest BCUT2D eigenvalue weighted by Gasteiger charge is -2.33. The molecule has 2 N–H and O–H groups in total. The van der Waals surface area contributed by atoms with Gasteiger partial charge in [-0.2, -0.15) is 5.10 Å². The van der Waals surface area contributed by atoms with Crippen LogP contribution in [0.25, 0.3) is 5.69 Å². The van der Waals surface area contributed by atoms with Crippen molar-refractivity contribution in [2.45, 2.75) is 12.0 Å². The molecule has 0 saturated carbocycles. The van der Waals surface area contributed by atoms with Gasteiger partial charge in [-0.25, -0.2) is 14.5 Å². The summed E-state index contributed by atoms with van der Waals surface area (Å²) in [5.41, 5.74) is 0.239. The number of fused-ring (bicyclic) bond motifs is 2. The van der Waals surface area contributed by atoms with Crippen LogP contribution in [0.4, 0.5) is 10.5 Å². The van der Waals surface area contributed by atoms with Crippen LogP contribution in [0.5, 0.6) is 5.75 Å². The monoisotopic (exact) mass is 452 g/mol. The number of halogens is 1. The summed E-state index contributed by atoms with van der Waals surface area (Å²) in [7, 11) is 0. The fourth-order valence-corrected chi connectivity index (χ4v) is 4.16. The average molecular weight is 453 g/mol. The lowest BCUT2D eigenvalue weighted by Crippen LogP contribution is -2.48. The average Bonchev–Trinajstić information content (AvgIpc) is 3.38. The number of imide groups is 1. The number of hydrogen-bond acceptors (Lipinski definition) is 6. The number of para-hydroxylation sites is 1. The molecule has 1 saturated heterocycles. The van der Waals surface area contributed by atoms with Crippen molar-refractivity contribution in [3.8, 4) is 11.4 Å². The van der Waals surface area contributed by atoms with Crippen molar-refractivity contribution in [1.82, 2.24) is 25.0 Å². The normalized spacial score (nSPS) is 19.5. The van der Waals surface area contributed by atoms with Gasteiger partial charge in [0, 0.05) is 17.0 Å². The van der Waals surface area contributed by atoms with Crippen molar-refractivity contribution in [1.29, 1.82) is 0 Å². The molecule has 0 bridgehead atoms. The largest absolute Gasteiger partial charge is 0.493 e. The summed E-state index contributed by atoms with van der Waals surface area (Å²) in [5.74, 6) is -0.513. The zero-order valence-corrected chi connectivity index (χ0v) is 17.4. The molecular formula is C21H17ClN6O4. The summed E-state index contributed by atoms with van der Waals surface area (Å²) in [6.07, 6.45) is 3.11. The molecule has 32 heavy (non-hydrogen) atoms. The summed E-state index contributed by atoms with van der Waals surface area (Å²) >= 11 is 6.09. The maximum Gasteiger partial charge on any atom is 0.325 e. The molecule has 1 aromatic heterocycles. The molecule has 1 spiro atoms. The number of carbonyl (C=O) groups excluding carboxylic acids is 3. The molecule has 2 aromatic carbocycles. The van der Waals surface area contributed by atoms with Gasteiger partial charge >= 0.3 is 6.03 Å². The second-order valence-electron chi connectivity index (χ2n) is 7.37. The highest BCUT2D eigenvalue weighted by atomic mass is 35.5. The lowest BCUT2D eigenvalue weighted by atomic mass is 9.84. The van der Waals surface area contributed by atoms with Crippen LogP contribution in [0.3, 0.4) is 0 Å². The van der Waals surface area contributed by atoms with Gasteiger partial charge in [-0.1, -0.05) is 29.8 Å². The van der Waals surface area contributed by atoms with Crippen LogP contribution >= 0.6 is 11.6 Å². The molecule has 162 valence electrons. The van der Waals surface area contributed by atoms with E-state index in [-0.39, 0.29) is 13.0 Å². The van der Waals surface area contributed by atoms with Crippen molar-refractivity contribution in [2.24, 2.45) is 0 Å². The van der Waals surface area contributed by atoms with Crippen molar-refractivity contribution >= 4 is 35.1 Å². The molecule has 0 radical (unpaired) electrons. The molecule has 0 unspecified atom stereocenters. The van der Waals surface area contributed by atoms with E-state index in [2.05, 4.69) is 20.7 Å². The van der Waals surface area contributed by atoms with E-state index < -0.39 is 29.9 Å². The Hall–Kier alpha value is -3.92. The van der Waals surface area contributed by atoms with E-state index in [1.54, 1.807) is 42.5 Å². The first-order valence-electron chi connectivity index (χ1n) is 9.79. The number of hydrogen-bond donors (Lipinski definition) is 2. The quantitative estimate of drug-likeness (QED) is 0.585. The van der Waals surface area contributed by atoms with Gasteiger partial charge in [-0.15, -0.1) is 0 Å². The molecule has 1 atom stereocenters. The van der Waals surface area contributed by atoms with Crippen LogP contribution in [0.1, 0.15) is 12.0 Å². The summed E-state index contributed by atoms with van der Waals surface area (Å²) in [4.78, 5) is 43.6. The fourth-order valence-electron chi connectivity index (χ4n) is 3.99. The number of urea groups is 1. The molecule has 4 amide bonds. The maximum absolute atomic E-state index is 13.3. The number of benzene rings is 2. The standard InChI is InChI=1S/C21H17ClN6O4/c22-13-5-6-16(28-12-23-11-24-28)15(9-13)25-18(29)10-27-19(30)21(26-20(27)31)7-8-32-17-4-2-1-3-14(17)21/h1-6,9,11-12H,7-8,10H2,(H,25,29)(H,26,31)/t21-/m1/s1. The topological polar surface area (TPSA) is 118 Å². The Bertz CT molecular complexity index is 1230. The molecule has 10 nitrogen and oxygen atoms in total. The Morgan fingerprint density at radius 1 is 1.25 bits per heavy atom. The molecule has 3 heterocycles. The summed E-state index contributed by atoms with van der Waals surface area (Å²) in [6.45, 7) is -0.189. The first-order chi connectivity index (χ1) is 15.5. The molecule has 11 heteroatoms. The molecule has 3 aromatic rings. The van der Waals surface area contributed by atoms with Crippen LogP contribution in [0, 0.1) is 0 Å². The zero-order chi connectivity index (χ0) is 22.3. The molecule has 1 fully saturated rings. The van der Waals surface area contributed by atoms with E-state index in [1.165, 1.54) is 17.3 Å². The minimum atomic E-state index is -1.24. The van der Waals surface area contributed by atoms with E-state index >= 15 is 0 Å². The van der Waals surface area contributed by atoms with Gasteiger partial charge in [0.15, 0.2) is 5.54 Å². The SMILES string of the molecule is O=C(CN1C(=O)N[C@@]2(CCOc3ccccc32)C1=O)Nc1cc(Cl)ccc1-n1cncn1. The maximum atomic E-state index is 13.3. The van der Waals surface area contributed by atoms with Crippen LogP contribution in [-0.4, -0.2) is 50.7 Å². The van der Waals surface area contributed by atoms with E-state index in [9.17, 15) is 14.4 Å². The number of nitrogens with one attached hydrogen (secondary N) is 2. The lowest BCUT2D eigenvalue weighted by molar-refractivity contribution is -0.135. The van der Waals surface area contributed by atoms with Gasteiger partial charge in [0.1, 0.15) is 24.9 Å². The van der Waals surface area contributed by atoms with Crippen LogP contribution in [0.15, 0.2) is 55.1 Å². The van der Waals surface area contributed by atoms with E-state index in [0.717, 1.165) is 4.90 Å². The molecule has 2 aliphatic heterocycles. The van der Waals surface area contributed by atoms with Crippen molar-refractivity contribution in [3.63, 3.8) is 0 Å². The smallest absolute Gasteiger partial charge is 0.325 e. The Kier molecular flexibility index (Phi) is 4.78. The van der Waals surface area contributed by atoms with Gasteiger partial charge in [0.2, 0.25) is 5.91 Å². The van der Waals surface area contributed by atoms with E-state index in [0.29, 0.717) is 27.7 Å². The van der Waals surface area contributed by atoms with Gasteiger partial charge in [-0.3, -0.25) is 14.5 Å². The number of anilines is 1. The predicted octanol–water partition coefficient (Wildman–Crippen LogP) is 2.09. The summed E-state index contributed by atoms with van der Waals surface area (Å²) in [6, 6.07) is 11.3. The number of rotatable bonds is 4. The number of ether oxygens (including phenoxy) is 1. The number of amides is 4. The highest BCUT2D eigenvalue weighted by Gasteiger charge is 2.55.